The molecule has 1 aromatic carbocycles. The van der Waals surface area contributed by atoms with Gasteiger partial charge in [0.2, 0.25) is 5.82 Å². The summed E-state index contributed by atoms with van der Waals surface area (Å²) in [5.74, 6) is -4.37. The molecule has 13 nitrogen and oxygen atoms in total. The Kier molecular flexibility index (Phi) is 8.53. The summed E-state index contributed by atoms with van der Waals surface area (Å²) in [5, 5.41) is 0. The lowest BCUT2D eigenvalue weighted by Gasteiger charge is -2.40. The second-order valence-electron chi connectivity index (χ2n) is 7.71. The number of carbonyl (C=O) groups excluding carboxylic acids is 3. The summed E-state index contributed by atoms with van der Waals surface area (Å²) in [6.45, 7) is 2.40. The summed E-state index contributed by atoms with van der Waals surface area (Å²) in [6.07, 6.45) is -6.51. The average Bonchev–Trinajstić information content (AvgIpc) is 2.79. The van der Waals surface area contributed by atoms with Crippen molar-refractivity contribution in [3.63, 3.8) is 0 Å². The molecule has 0 radical (unpaired) electrons. The first-order chi connectivity index (χ1) is 17.2. The number of aromatic nitrogens is 2. The minimum absolute atomic E-state index is 0.000880. The molecular weight excluding hydrogens is 634 g/mol. The highest BCUT2D eigenvalue weighted by molar-refractivity contribution is 14.1. The summed E-state index contributed by atoms with van der Waals surface area (Å²) in [6, 6.07) is 5.22. The number of rotatable bonds is 6. The molecule has 0 spiro atoms. The fraction of sp³-hybridized carbons (Fsp3) is 0.381. The van der Waals surface area contributed by atoms with E-state index in [2.05, 4.69) is 0 Å². The predicted octanol–water partition coefficient (Wildman–Crippen LogP) is 0.315. The van der Waals surface area contributed by atoms with Crippen LogP contribution in [0.2, 0.25) is 0 Å². The Morgan fingerprint density at radius 3 is 2.05 bits per heavy atom. The number of nitrogens with zero attached hydrogens (tertiary/aromatic N) is 2. The molecule has 0 bridgehead atoms. The second-order valence-corrected chi connectivity index (χ2v) is 10.8. The van der Waals surface area contributed by atoms with Crippen LogP contribution in [0.5, 0.6) is 0 Å². The van der Waals surface area contributed by atoms with Gasteiger partial charge in [0.15, 0.2) is 24.5 Å². The Hall–Kier alpha value is -3.12. The fourth-order valence-electron chi connectivity index (χ4n) is 3.58. The third-order valence-corrected chi connectivity index (χ3v) is 7.36. The average molecular weight is 654 g/mol. The third-order valence-electron chi connectivity index (χ3n) is 5.00. The van der Waals surface area contributed by atoms with Crippen LogP contribution in [0.3, 0.4) is 0 Å². The summed E-state index contributed by atoms with van der Waals surface area (Å²) < 4.78 is 62.6. The molecule has 0 saturated carbocycles. The highest BCUT2D eigenvalue weighted by atomic mass is 127. The Morgan fingerprint density at radius 2 is 1.51 bits per heavy atom. The van der Waals surface area contributed by atoms with Crippen molar-refractivity contribution in [3.8, 4) is 0 Å². The number of esters is 3. The number of halogens is 2. The highest BCUT2D eigenvalue weighted by Crippen LogP contribution is 2.29. The van der Waals surface area contributed by atoms with Crippen LogP contribution in [0.4, 0.5) is 4.39 Å². The lowest BCUT2D eigenvalue weighted by molar-refractivity contribution is -0.240. The van der Waals surface area contributed by atoms with Gasteiger partial charge in [-0.15, -0.1) is 0 Å². The van der Waals surface area contributed by atoms with Gasteiger partial charge in [0, 0.05) is 24.3 Å². The van der Waals surface area contributed by atoms with Gasteiger partial charge in [0.25, 0.3) is 15.6 Å². The Bertz CT molecular complexity index is 1450. The van der Waals surface area contributed by atoms with Crippen LogP contribution in [-0.4, -0.2) is 59.8 Å². The predicted molar refractivity (Wildman–Crippen MR) is 128 cm³/mol. The van der Waals surface area contributed by atoms with E-state index < -0.39 is 76.1 Å². The number of hydrogen-bond donors (Lipinski definition) is 0. The van der Waals surface area contributed by atoms with Crippen molar-refractivity contribution < 1.29 is 46.1 Å². The minimum atomic E-state index is -4.70. The van der Waals surface area contributed by atoms with Crippen LogP contribution in [0, 0.1) is 9.39 Å². The standard InChI is InChI=1S/C21H20FIN2O11S/c1-10(26)34-16-9-33-20(18(36-12(3)28)17(16)35-11(2)27)25-19(29)15(22)8-24(21(25)30)37(31,32)14-6-4-13(23)5-7-14/h4-8,16-18,20H,9H2,1-3H3/t16-,17+,18-,20-/m1/s1. The van der Waals surface area contributed by atoms with E-state index >= 15 is 0 Å². The van der Waals surface area contributed by atoms with Gasteiger partial charge in [-0.2, -0.15) is 8.36 Å². The topological polar surface area (TPSA) is 166 Å². The Balaban J connectivity index is 2.22. The molecule has 16 heteroatoms. The molecular formula is C21H20FIN2O11S. The maximum Gasteiger partial charge on any atom is 0.347 e. The first kappa shape index (κ1) is 28.5. The lowest BCUT2D eigenvalue weighted by atomic mass is 10.0. The molecule has 0 aliphatic carbocycles. The van der Waals surface area contributed by atoms with E-state index in [0.29, 0.717) is 3.57 Å². The largest absolute Gasteiger partial charge is 0.456 e. The van der Waals surface area contributed by atoms with Crippen LogP contribution in [0.1, 0.15) is 27.0 Å². The van der Waals surface area contributed by atoms with Crippen molar-refractivity contribution in [1.29, 1.82) is 0 Å². The smallest absolute Gasteiger partial charge is 0.347 e. The van der Waals surface area contributed by atoms with E-state index in [1.807, 2.05) is 22.6 Å². The summed E-state index contributed by atoms with van der Waals surface area (Å²) >= 11 is 1.93. The minimum Gasteiger partial charge on any atom is -0.456 e. The highest BCUT2D eigenvalue weighted by Gasteiger charge is 2.49. The van der Waals surface area contributed by atoms with Crippen LogP contribution in [0.25, 0.3) is 0 Å². The molecule has 2 heterocycles. The molecule has 1 aromatic heterocycles. The van der Waals surface area contributed by atoms with Crippen molar-refractivity contribution in [1.82, 2.24) is 8.54 Å². The van der Waals surface area contributed by atoms with Crippen molar-refractivity contribution in [3.05, 3.63) is 60.7 Å². The zero-order valence-corrected chi connectivity index (χ0v) is 22.4. The zero-order chi connectivity index (χ0) is 27.7. The van der Waals surface area contributed by atoms with Crippen LogP contribution < -0.4 is 11.2 Å². The molecule has 200 valence electrons. The normalized spacial score (nSPS) is 21.6. The maximum atomic E-state index is 14.8. The summed E-state index contributed by atoms with van der Waals surface area (Å²) in [5.41, 5.74) is -3.16. The maximum absolute atomic E-state index is 14.8. The van der Waals surface area contributed by atoms with E-state index in [0.717, 1.165) is 20.8 Å². The van der Waals surface area contributed by atoms with Gasteiger partial charge in [-0.05, 0) is 46.9 Å². The van der Waals surface area contributed by atoms with Crippen molar-refractivity contribution in [2.24, 2.45) is 0 Å². The molecule has 0 N–H and O–H groups in total. The lowest BCUT2D eigenvalue weighted by Crippen LogP contribution is -2.59. The third kappa shape index (κ3) is 6.07. The van der Waals surface area contributed by atoms with E-state index in [1.54, 1.807) is 0 Å². The summed E-state index contributed by atoms with van der Waals surface area (Å²) in [4.78, 5) is 60.8. The fourth-order valence-corrected chi connectivity index (χ4v) is 5.17. The summed E-state index contributed by atoms with van der Waals surface area (Å²) in [7, 11) is -4.70. The molecule has 4 atom stereocenters. The SMILES string of the molecule is CC(=O)O[C@@H]1[C@@H](OC(C)=O)[C@H](OC(C)=O)CO[C@H]1n1c(=O)c(F)cn(S(=O)(=O)c2ccc(I)cc2)c1=O. The molecule has 0 amide bonds. The van der Waals surface area contributed by atoms with Crippen molar-refractivity contribution in [2.45, 2.75) is 50.2 Å². The number of ether oxygens (including phenoxy) is 4. The van der Waals surface area contributed by atoms with Gasteiger partial charge in [0.05, 0.1) is 17.7 Å². The van der Waals surface area contributed by atoms with E-state index in [4.69, 9.17) is 18.9 Å². The molecule has 1 saturated heterocycles. The monoisotopic (exact) mass is 654 g/mol. The van der Waals surface area contributed by atoms with Crippen LogP contribution >= 0.6 is 22.6 Å². The molecule has 1 aliphatic rings. The molecule has 3 rings (SSSR count). The first-order valence-electron chi connectivity index (χ1n) is 10.4. The number of benzene rings is 1. The van der Waals surface area contributed by atoms with Crippen LogP contribution in [0.15, 0.2) is 44.9 Å². The molecule has 1 fully saturated rings. The van der Waals surface area contributed by atoms with E-state index in [1.165, 1.54) is 24.3 Å². The second kappa shape index (κ2) is 11.1. The van der Waals surface area contributed by atoms with Gasteiger partial charge < -0.3 is 18.9 Å². The zero-order valence-electron chi connectivity index (χ0n) is 19.5. The van der Waals surface area contributed by atoms with Crippen molar-refractivity contribution in [2.75, 3.05) is 6.61 Å². The number of hydrogen-bond acceptors (Lipinski definition) is 11. The number of carbonyl (C=O) groups is 3. The molecule has 2 aromatic rings. The van der Waals surface area contributed by atoms with E-state index in [9.17, 15) is 36.8 Å². The van der Waals surface area contributed by atoms with Gasteiger partial charge in [0.1, 0.15) is 0 Å². The van der Waals surface area contributed by atoms with Crippen molar-refractivity contribution >= 4 is 50.5 Å². The van der Waals surface area contributed by atoms with Gasteiger partial charge >= 0.3 is 23.6 Å². The molecule has 0 unspecified atom stereocenters. The van der Waals surface area contributed by atoms with E-state index in [-0.39, 0.29) is 19.6 Å². The molecule has 37 heavy (non-hydrogen) atoms. The van der Waals surface area contributed by atoms with Crippen LogP contribution in [-0.2, 0) is 43.4 Å². The first-order valence-corrected chi connectivity index (χ1v) is 12.9. The Morgan fingerprint density at radius 1 is 0.973 bits per heavy atom. The van der Waals surface area contributed by atoms with Gasteiger partial charge in [-0.1, -0.05) is 0 Å². The van der Waals surface area contributed by atoms with Gasteiger partial charge in [-0.25, -0.2) is 17.8 Å². The molecule has 1 aliphatic heterocycles. The quantitative estimate of drug-likeness (QED) is 0.239. The Labute approximate surface area is 222 Å². The van der Waals surface area contributed by atoms with Gasteiger partial charge in [-0.3, -0.25) is 19.2 Å².